The fourth-order valence-electron chi connectivity index (χ4n) is 1.62. The van der Waals surface area contributed by atoms with Gasteiger partial charge in [-0.05, 0) is 25.5 Å². The molecule has 0 aliphatic rings. The largest absolute Gasteiger partial charge is 0.478 e. The first-order chi connectivity index (χ1) is 9.00. The molecule has 0 aliphatic carbocycles. The molecular weight excluding hydrogens is 247 g/mol. The van der Waals surface area contributed by atoms with Gasteiger partial charge >= 0.3 is 5.97 Å². The summed E-state index contributed by atoms with van der Waals surface area (Å²) in [6.07, 6.45) is 2.60. The minimum atomic E-state index is -1.05. The molecule has 5 heteroatoms. The third-order valence-corrected chi connectivity index (χ3v) is 2.63. The molecule has 0 saturated carbocycles. The van der Waals surface area contributed by atoms with Crippen LogP contribution in [0.1, 0.15) is 35.3 Å². The smallest absolute Gasteiger partial charge is 0.338 e. The molecule has 2 rings (SSSR count). The number of nitrogens with zero attached hydrogens (tertiary/aromatic N) is 2. The topological polar surface area (TPSA) is 55.1 Å². The highest BCUT2D eigenvalue weighted by Crippen LogP contribution is 2.19. The van der Waals surface area contributed by atoms with E-state index in [9.17, 15) is 9.18 Å². The van der Waals surface area contributed by atoms with E-state index in [1.54, 1.807) is 26.0 Å². The number of hydrogen-bond acceptors (Lipinski definition) is 2. The lowest BCUT2D eigenvalue weighted by Gasteiger charge is -2.08. The molecule has 19 heavy (non-hydrogen) atoms. The van der Waals surface area contributed by atoms with Crippen molar-refractivity contribution in [2.45, 2.75) is 27.7 Å². The number of benzene rings is 1. The number of carboxylic acid groups (broad SMARTS) is 1. The molecule has 102 valence electrons. The Hall–Kier alpha value is -2.17. The van der Waals surface area contributed by atoms with Gasteiger partial charge in [0.2, 0.25) is 0 Å². The number of aromatic nitrogens is 2. The molecule has 1 N–H and O–H groups in total. The Morgan fingerprint density at radius 2 is 1.95 bits per heavy atom. The fourth-order valence-corrected chi connectivity index (χ4v) is 1.62. The van der Waals surface area contributed by atoms with Crippen molar-refractivity contribution in [1.29, 1.82) is 0 Å². The zero-order valence-electron chi connectivity index (χ0n) is 11.4. The summed E-state index contributed by atoms with van der Waals surface area (Å²) >= 11 is 0. The summed E-state index contributed by atoms with van der Waals surface area (Å²) in [5.41, 5.74) is 1.62. The molecule has 1 heterocycles. The van der Waals surface area contributed by atoms with Crippen LogP contribution in [0.4, 0.5) is 4.39 Å². The van der Waals surface area contributed by atoms with Crippen molar-refractivity contribution in [3.63, 3.8) is 0 Å². The third kappa shape index (κ3) is 2.99. The molecule has 0 unspecified atom stereocenters. The van der Waals surface area contributed by atoms with Crippen molar-refractivity contribution in [2.75, 3.05) is 0 Å². The minimum absolute atomic E-state index is 0.0744. The molecular formula is C14H17FN2O2. The highest BCUT2D eigenvalue weighted by Gasteiger charge is 2.11. The Morgan fingerprint density at radius 1 is 1.32 bits per heavy atom. The normalized spacial score (nSPS) is 9.74. The SMILES string of the molecule is CC.Cc1ccc(-n2cc(C(=O)O)cn2)c(C)c1F. The van der Waals surface area contributed by atoms with E-state index in [2.05, 4.69) is 5.10 Å². The van der Waals surface area contributed by atoms with Crippen molar-refractivity contribution in [3.05, 3.63) is 47.0 Å². The summed E-state index contributed by atoms with van der Waals surface area (Å²) in [5.74, 6) is -1.35. The summed E-state index contributed by atoms with van der Waals surface area (Å²) in [5, 5.41) is 12.7. The molecule has 0 spiro atoms. The first-order valence-electron chi connectivity index (χ1n) is 6.04. The van der Waals surface area contributed by atoms with E-state index in [0.29, 0.717) is 16.8 Å². The fraction of sp³-hybridized carbons (Fsp3) is 0.286. The van der Waals surface area contributed by atoms with Crippen LogP contribution >= 0.6 is 0 Å². The number of aryl methyl sites for hydroxylation is 1. The monoisotopic (exact) mass is 264 g/mol. The summed E-state index contributed by atoms with van der Waals surface area (Å²) in [6, 6.07) is 3.35. The van der Waals surface area contributed by atoms with Gasteiger partial charge in [-0.1, -0.05) is 19.9 Å². The van der Waals surface area contributed by atoms with Crippen LogP contribution in [0.15, 0.2) is 24.5 Å². The quantitative estimate of drug-likeness (QED) is 0.905. The van der Waals surface area contributed by atoms with E-state index < -0.39 is 5.97 Å². The van der Waals surface area contributed by atoms with Gasteiger partial charge in [0.1, 0.15) is 5.82 Å². The minimum Gasteiger partial charge on any atom is -0.478 e. The van der Waals surface area contributed by atoms with E-state index in [1.165, 1.54) is 17.1 Å². The molecule has 1 aromatic carbocycles. The number of rotatable bonds is 2. The number of carboxylic acids is 1. The average molecular weight is 264 g/mol. The molecule has 0 saturated heterocycles. The van der Waals surface area contributed by atoms with Crippen molar-refractivity contribution in [3.8, 4) is 5.69 Å². The highest BCUT2D eigenvalue weighted by molar-refractivity contribution is 5.87. The van der Waals surface area contributed by atoms with E-state index in [1.807, 2.05) is 13.8 Å². The Balaban J connectivity index is 0.000000861. The van der Waals surface area contributed by atoms with Crippen LogP contribution in [0.5, 0.6) is 0 Å². The van der Waals surface area contributed by atoms with Gasteiger partial charge in [-0.2, -0.15) is 5.10 Å². The number of aromatic carboxylic acids is 1. The van der Waals surface area contributed by atoms with Gasteiger partial charge in [0.15, 0.2) is 0 Å². The van der Waals surface area contributed by atoms with Gasteiger partial charge in [-0.25, -0.2) is 13.9 Å². The van der Waals surface area contributed by atoms with Crippen molar-refractivity contribution in [2.24, 2.45) is 0 Å². The lowest BCUT2D eigenvalue weighted by molar-refractivity contribution is 0.0697. The molecule has 0 bridgehead atoms. The van der Waals surface area contributed by atoms with Crippen LogP contribution in [-0.2, 0) is 0 Å². The predicted octanol–water partition coefficient (Wildman–Crippen LogP) is 3.35. The van der Waals surface area contributed by atoms with Crippen LogP contribution in [0, 0.1) is 19.7 Å². The zero-order valence-corrected chi connectivity index (χ0v) is 11.4. The van der Waals surface area contributed by atoms with Gasteiger partial charge in [-0.15, -0.1) is 0 Å². The van der Waals surface area contributed by atoms with Crippen molar-refractivity contribution in [1.82, 2.24) is 9.78 Å². The zero-order chi connectivity index (χ0) is 14.6. The second-order valence-electron chi connectivity index (χ2n) is 3.82. The first kappa shape index (κ1) is 14.9. The highest BCUT2D eigenvalue weighted by atomic mass is 19.1. The van der Waals surface area contributed by atoms with E-state index in [-0.39, 0.29) is 11.4 Å². The summed E-state index contributed by atoms with van der Waals surface area (Å²) in [4.78, 5) is 10.7. The van der Waals surface area contributed by atoms with Crippen LogP contribution in [0.25, 0.3) is 5.69 Å². The first-order valence-corrected chi connectivity index (χ1v) is 6.04. The Labute approximate surface area is 111 Å². The maximum absolute atomic E-state index is 13.7. The second-order valence-corrected chi connectivity index (χ2v) is 3.82. The van der Waals surface area contributed by atoms with Crippen molar-refractivity contribution < 1.29 is 14.3 Å². The van der Waals surface area contributed by atoms with Gasteiger partial charge in [0.25, 0.3) is 0 Å². The molecule has 0 radical (unpaired) electrons. The third-order valence-electron chi connectivity index (χ3n) is 2.63. The number of halogens is 1. The molecule has 0 amide bonds. The Kier molecular flexibility index (Phi) is 4.80. The van der Waals surface area contributed by atoms with Crippen LogP contribution < -0.4 is 0 Å². The molecule has 2 aromatic rings. The molecule has 0 fully saturated rings. The predicted molar refractivity (Wildman–Crippen MR) is 71.3 cm³/mol. The Bertz CT molecular complexity index is 591. The molecule has 4 nitrogen and oxygen atoms in total. The summed E-state index contributed by atoms with van der Waals surface area (Å²) in [7, 11) is 0. The lowest BCUT2D eigenvalue weighted by atomic mass is 10.1. The van der Waals surface area contributed by atoms with E-state index >= 15 is 0 Å². The number of hydrogen-bond donors (Lipinski definition) is 1. The maximum Gasteiger partial charge on any atom is 0.338 e. The van der Waals surface area contributed by atoms with Gasteiger partial charge in [0, 0.05) is 11.8 Å². The second kappa shape index (κ2) is 6.13. The van der Waals surface area contributed by atoms with Crippen LogP contribution in [0.2, 0.25) is 0 Å². The van der Waals surface area contributed by atoms with E-state index in [4.69, 9.17) is 5.11 Å². The lowest BCUT2D eigenvalue weighted by Crippen LogP contribution is -2.01. The van der Waals surface area contributed by atoms with Crippen LogP contribution in [0.3, 0.4) is 0 Å². The van der Waals surface area contributed by atoms with Gasteiger partial charge in [-0.3, -0.25) is 0 Å². The maximum atomic E-state index is 13.7. The number of carbonyl (C=O) groups is 1. The van der Waals surface area contributed by atoms with Crippen LogP contribution in [-0.4, -0.2) is 20.9 Å². The standard InChI is InChI=1S/C12H11FN2O2.C2H6/c1-7-3-4-10(8(2)11(7)13)15-6-9(5-14-15)12(16)17;1-2/h3-6H,1-2H3,(H,16,17);1-2H3. The molecule has 0 atom stereocenters. The summed E-state index contributed by atoms with van der Waals surface area (Å²) < 4.78 is 15.0. The Morgan fingerprint density at radius 3 is 2.47 bits per heavy atom. The van der Waals surface area contributed by atoms with Gasteiger partial charge < -0.3 is 5.11 Å². The van der Waals surface area contributed by atoms with E-state index in [0.717, 1.165) is 0 Å². The molecule has 1 aromatic heterocycles. The van der Waals surface area contributed by atoms with Crippen molar-refractivity contribution >= 4 is 5.97 Å². The molecule has 0 aliphatic heterocycles. The van der Waals surface area contributed by atoms with Gasteiger partial charge in [0.05, 0.1) is 17.4 Å². The summed E-state index contributed by atoms with van der Waals surface area (Å²) in [6.45, 7) is 7.32. The average Bonchev–Trinajstić information content (AvgIpc) is 2.88.